The van der Waals surface area contributed by atoms with Gasteiger partial charge in [0.05, 0.1) is 18.2 Å². The summed E-state index contributed by atoms with van der Waals surface area (Å²) < 4.78 is 4.38. The van der Waals surface area contributed by atoms with Crippen LogP contribution in [0, 0.1) is 0 Å². The molecule has 0 fully saturated rings. The Morgan fingerprint density at radius 3 is 2.17 bits per heavy atom. The van der Waals surface area contributed by atoms with Crippen LogP contribution in [0.5, 0.6) is 0 Å². The number of ether oxygens (including phenoxy) is 1. The second kappa shape index (κ2) is 7.39. The zero-order valence-electron chi connectivity index (χ0n) is 12.6. The molecule has 2 rings (SSSR count). The number of nitrogens with one attached hydrogen (secondary N) is 2. The number of benzene rings is 1. The molecule has 122 valence electrons. The van der Waals surface area contributed by atoms with Crippen LogP contribution in [0.1, 0.15) is 27.1 Å². The minimum Gasteiger partial charge on any atom is -0.453 e. The predicted molar refractivity (Wildman–Crippen MR) is 79.8 cm³/mol. The summed E-state index contributed by atoms with van der Waals surface area (Å²) in [5, 5.41) is 4.99. The first-order valence-electron chi connectivity index (χ1n) is 7.08. The Morgan fingerprint density at radius 2 is 1.61 bits per heavy atom. The van der Waals surface area contributed by atoms with E-state index in [0.717, 1.165) is 4.90 Å². The van der Waals surface area contributed by atoms with E-state index in [4.69, 9.17) is 0 Å². The fourth-order valence-corrected chi connectivity index (χ4v) is 2.18. The minimum atomic E-state index is -0.578. The highest BCUT2D eigenvalue weighted by Crippen LogP contribution is 2.22. The lowest BCUT2D eigenvalue weighted by molar-refractivity contribution is -0.121. The lowest BCUT2D eigenvalue weighted by atomic mass is 10.1. The van der Waals surface area contributed by atoms with Crippen LogP contribution < -0.4 is 10.6 Å². The number of alkyl carbamates (subject to hydrolysis) is 1. The highest BCUT2D eigenvalue weighted by atomic mass is 16.5. The molecule has 1 heterocycles. The van der Waals surface area contributed by atoms with Crippen LogP contribution in [0.3, 0.4) is 0 Å². The molecule has 8 nitrogen and oxygen atoms in total. The lowest BCUT2D eigenvalue weighted by Crippen LogP contribution is -2.37. The second-order valence-corrected chi connectivity index (χ2v) is 4.83. The van der Waals surface area contributed by atoms with E-state index in [0.29, 0.717) is 11.1 Å². The van der Waals surface area contributed by atoms with Crippen molar-refractivity contribution in [2.24, 2.45) is 0 Å². The van der Waals surface area contributed by atoms with E-state index in [1.807, 2.05) is 0 Å². The summed E-state index contributed by atoms with van der Waals surface area (Å²) >= 11 is 0. The van der Waals surface area contributed by atoms with Crippen molar-refractivity contribution in [2.75, 3.05) is 26.7 Å². The van der Waals surface area contributed by atoms with Gasteiger partial charge < -0.3 is 15.4 Å². The zero-order valence-corrected chi connectivity index (χ0v) is 12.6. The van der Waals surface area contributed by atoms with Crippen molar-refractivity contribution in [3.8, 4) is 0 Å². The maximum atomic E-state index is 12.1. The Labute approximate surface area is 132 Å². The Balaban J connectivity index is 1.76. The number of imide groups is 1. The van der Waals surface area contributed by atoms with Crippen molar-refractivity contribution in [1.82, 2.24) is 15.5 Å². The first-order chi connectivity index (χ1) is 11.0. The number of hydrogen-bond donors (Lipinski definition) is 2. The molecule has 1 aliphatic rings. The van der Waals surface area contributed by atoms with E-state index >= 15 is 0 Å². The van der Waals surface area contributed by atoms with Gasteiger partial charge in [0.15, 0.2) is 0 Å². The maximum absolute atomic E-state index is 12.1. The molecule has 23 heavy (non-hydrogen) atoms. The molecule has 0 unspecified atom stereocenters. The molecule has 0 spiro atoms. The largest absolute Gasteiger partial charge is 0.453 e. The van der Waals surface area contributed by atoms with Crippen molar-refractivity contribution in [3.05, 3.63) is 35.4 Å². The van der Waals surface area contributed by atoms with Crippen LogP contribution in [0.15, 0.2) is 24.3 Å². The number of rotatable bonds is 6. The fraction of sp³-hybridized carbons (Fsp3) is 0.333. The number of amides is 4. The van der Waals surface area contributed by atoms with Gasteiger partial charge in [0.25, 0.3) is 11.8 Å². The van der Waals surface area contributed by atoms with Crippen molar-refractivity contribution in [3.63, 3.8) is 0 Å². The number of fused-ring (bicyclic) bond motifs is 1. The summed E-state index contributed by atoms with van der Waals surface area (Å²) in [5.74, 6) is -1.08. The first kappa shape index (κ1) is 16.5. The Kier molecular flexibility index (Phi) is 5.29. The quantitative estimate of drug-likeness (QED) is 0.573. The SMILES string of the molecule is COC(=O)NCCNC(=O)CCN1C(=O)c2ccccc2C1=O. The van der Waals surface area contributed by atoms with Gasteiger partial charge in [-0.3, -0.25) is 19.3 Å². The third-order valence-electron chi connectivity index (χ3n) is 3.34. The normalized spacial score (nSPS) is 12.8. The molecule has 0 aliphatic carbocycles. The summed E-state index contributed by atoms with van der Waals surface area (Å²) in [7, 11) is 1.25. The van der Waals surface area contributed by atoms with Crippen LogP contribution in [0.25, 0.3) is 0 Å². The van der Waals surface area contributed by atoms with Crippen LogP contribution in [-0.4, -0.2) is 55.5 Å². The highest BCUT2D eigenvalue weighted by molar-refractivity contribution is 6.21. The Hall–Kier alpha value is -2.90. The molecule has 1 aliphatic heterocycles. The number of nitrogens with zero attached hydrogens (tertiary/aromatic N) is 1. The summed E-state index contributed by atoms with van der Waals surface area (Å²) in [6.07, 6.45) is -0.575. The molecule has 0 aromatic heterocycles. The average Bonchev–Trinajstić information content (AvgIpc) is 2.81. The summed E-state index contributed by atoms with van der Waals surface area (Å²) in [6.45, 7) is 0.476. The van der Waals surface area contributed by atoms with Gasteiger partial charge >= 0.3 is 6.09 Å². The van der Waals surface area contributed by atoms with E-state index in [1.54, 1.807) is 24.3 Å². The fourth-order valence-electron chi connectivity index (χ4n) is 2.18. The number of carbonyl (C=O) groups excluding carboxylic acids is 4. The van der Waals surface area contributed by atoms with Gasteiger partial charge in [0.2, 0.25) is 5.91 Å². The monoisotopic (exact) mass is 319 g/mol. The summed E-state index contributed by atoms with van der Waals surface area (Å²) in [6, 6.07) is 6.56. The van der Waals surface area contributed by atoms with E-state index < -0.39 is 6.09 Å². The van der Waals surface area contributed by atoms with Gasteiger partial charge in [-0.05, 0) is 12.1 Å². The molecule has 2 N–H and O–H groups in total. The molecule has 0 atom stereocenters. The molecule has 1 aromatic carbocycles. The van der Waals surface area contributed by atoms with Gasteiger partial charge in [-0.1, -0.05) is 12.1 Å². The van der Waals surface area contributed by atoms with Gasteiger partial charge in [0, 0.05) is 26.1 Å². The van der Waals surface area contributed by atoms with E-state index in [-0.39, 0.29) is 43.8 Å². The summed E-state index contributed by atoms with van der Waals surface area (Å²) in [4.78, 5) is 47.8. The smallest absolute Gasteiger partial charge is 0.406 e. The molecule has 8 heteroatoms. The van der Waals surface area contributed by atoms with Crippen LogP contribution in [-0.2, 0) is 9.53 Å². The van der Waals surface area contributed by atoms with Gasteiger partial charge in [-0.2, -0.15) is 0 Å². The third-order valence-corrected chi connectivity index (χ3v) is 3.34. The number of methoxy groups -OCH3 is 1. The molecule has 4 amide bonds. The van der Waals surface area contributed by atoms with Crippen LogP contribution in [0.4, 0.5) is 4.79 Å². The molecule has 0 saturated carbocycles. The van der Waals surface area contributed by atoms with Gasteiger partial charge in [0.1, 0.15) is 0 Å². The molecular formula is C15H17N3O5. The Bertz CT molecular complexity index is 609. The molecular weight excluding hydrogens is 302 g/mol. The predicted octanol–water partition coefficient (Wildman–Crippen LogP) is 0.145. The van der Waals surface area contributed by atoms with E-state index in [9.17, 15) is 19.2 Å². The Morgan fingerprint density at radius 1 is 1.04 bits per heavy atom. The molecule has 0 radical (unpaired) electrons. The van der Waals surface area contributed by atoms with Crippen molar-refractivity contribution in [2.45, 2.75) is 6.42 Å². The van der Waals surface area contributed by atoms with Gasteiger partial charge in [-0.25, -0.2) is 4.79 Å². The van der Waals surface area contributed by atoms with Gasteiger partial charge in [-0.15, -0.1) is 0 Å². The van der Waals surface area contributed by atoms with E-state index in [1.165, 1.54) is 7.11 Å². The lowest BCUT2D eigenvalue weighted by Gasteiger charge is -2.13. The topological polar surface area (TPSA) is 105 Å². The molecule has 0 bridgehead atoms. The van der Waals surface area contributed by atoms with Crippen molar-refractivity contribution >= 4 is 23.8 Å². The number of carbonyl (C=O) groups is 4. The van der Waals surface area contributed by atoms with Crippen molar-refractivity contribution < 1.29 is 23.9 Å². The average molecular weight is 319 g/mol. The second-order valence-electron chi connectivity index (χ2n) is 4.83. The zero-order chi connectivity index (χ0) is 16.8. The minimum absolute atomic E-state index is 0.00366. The van der Waals surface area contributed by atoms with Crippen LogP contribution >= 0.6 is 0 Å². The third kappa shape index (κ3) is 3.85. The molecule has 1 aromatic rings. The number of hydrogen-bond acceptors (Lipinski definition) is 5. The first-order valence-corrected chi connectivity index (χ1v) is 7.08. The van der Waals surface area contributed by atoms with Crippen LogP contribution in [0.2, 0.25) is 0 Å². The molecule has 0 saturated heterocycles. The maximum Gasteiger partial charge on any atom is 0.406 e. The van der Waals surface area contributed by atoms with Crippen molar-refractivity contribution in [1.29, 1.82) is 0 Å². The summed E-state index contributed by atoms with van der Waals surface area (Å²) in [5.41, 5.74) is 0.723. The van der Waals surface area contributed by atoms with E-state index in [2.05, 4.69) is 15.4 Å². The standard InChI is InChI=1S/C15H17N3O5/c1-23-15(22)17-8-7-16-12(19)6-9-18-13(20)10-4-2-3-5-11(10)14(18)21/h2-5H,6-9H2,1H3,(H,16,19)(H,17,22). The highest BCUT2D eigenvalue weighted by Gasteiger charge is 2.34.